The number of hydrogen-bond acceptors (Lipinski definition) is 5. The predicted molar refractivity (Wildman–Crippen MR) is 78.5 cm³/mol. The number of carbonyl (C=O) groups excluding carboxylic acids is 1. The van der Waals surface area contributed by atoms with Crippen LogP contribution >= 0.6 is 0 Å². The van der Waals surface area contributed by atoms with Crippen molar-refractivity contribution in [1.82, 2.24) is 15.0 Å². The molecule has 21 heavy (non-hydrogen) atoms. The molecule has 0 saturated heterocycles. The second-order valence-corrected chi connectivity index (χ2v) is 4.59. The van der Waals surface area contributed by atoms with Crippen LogP contribution in [0.3, 0.4) is 0 Å². The molecule has 0 fully saturated rings. The van der Waals surface area contributed by atoms with Gasteiger partial charge in [-0.1, -0.05) is 18.6 Å². The van der Waals surface area contributed by atoms with Gasteiger partial charge in [-0.25, -0.2) is 4.68 Å². The van der Waals surface area contributed by atoms with Gasteiger partial charge in [0.05, 0.1) is 19.9 Å². The van der Waals surface area contributed by atoms with Gasteiger partial charge in [0.15, 0.2) is 6.29 Å². The molecule has 0 spiro atoms. The van der Waals surface area contributed by atoms with Gasteiger partial charge in [-0.2, -0.15) is 0 Å². The number of unbranched alkanes of at least 4 members (excludes halogenated alkanes) is 1. The second-order valence-electron chi connectivity index (χ2n) is 4.59. The molecule has 1 aromatic heterocycles. The molecule has 0 atom stereocenters. The summed E-state index contributed by atoms with van der Waals surface area (Å²) in [6.45, 7) is 2.10. The van der Waals surface area contributed by atoms with Crippen LogP contribution in [0.5, 0.6) is 11.5 Å². The number of aldehydes is 1. The fourth-order valence-corrected chi connectivity index (χ4v) is 2.14. The third kappa shape index (κ3) is 3.04. The van der Waals surface area contributed by atoms with E-state index in [1.807, 2.05) is 12.1 Å². The molecule has 1 heterocycles. The molecule has 0 unspecified atom stereocenters. The number of aromatic nitrogens is 3. The molecular formula is C15H19N3O3. The maximum Gasteiger partial charge on any atom is 0.172 e. The van der Waals surface area contributed by atoms with E-state index >= 15 is 0 Å². The summed E-state index contributed by atoms with van der Waals surface area (Å²) >= 11 is 0. The van der Waals surface area contributed by atoms with Crippen molar-refractivity contribution in [3.05, 3.63) is 29.6 Å². The monoisotopic (exact) mass is 289 g/mol. The van der Waals surface area contributed by atoms with Crippen LogP contribution in [0.15, 0.2) is 18.2 Å². The van der Waals surface area contributed by atoms with E-state index in [0.29, 0.717) is 22.9 Å². The van der Waals surface area contributed by atoms with Crippen molar-refractivity contribution >= 4 is 6.29 Å². The van der Waals surface area contributed by atoms with E-state index in [2.05, 4.69) is 17.2 Å². The van der Waals surface area contributed by atoms with E-state index in [1.54, 1.807) is 25.0 Å². The van der Waals surface area contributed by atoms with E-state index in [9.17, 15) is 4.79 Å². The quantitative estimate of drug-likeness (QED) is 0.732. The number of ether oxygens (including phenoxy) is 2. The summed E-state index contributed by atoms with van der Waals surface area (Å²) in [5.74, 6) is 1.34. The van der Waals surface area contributed by atoms with Crippen LogP contribution < -0.4 is 9.47 Å². The molecule has 0 aliphatic carbocycles. The van der Waals surface area contributed by atoms with Crippen LogP contribution in [0, 0.1) is 0 Å². The number of rotatable bonds is 7. The summed E-state index contributed by atoms with van der Waals surface area (Å²) in [5, 5.41) is 8.04. The lowest BCUT2D eigenvalue weighted by molar-refractivity contribution is 0.111. The molecule has 2 aromatic rings. The van der Waals surface area contributed by atoms with Crippen molar-refractivity contribution in [2.45, 2.75) is 26.2 Å². The normalized spacial score (nSPS) is 10.4. The summed E-state index contributed by atoms with van der Waals surface area (Å²) in [4.78, 5) is 11.1. The molecule has 112 valence electrons. The molecule has 0 aliphatic heterocycles. The van der Waals surface area contributed by atoms with Gasteiger partial charge in [0.25, 0.3) is 0 Å². The van der Waals surface area contributed by atoms with Gasteiger partial charge >= 0.3 is 0 Å². The summed E-state index contributed by atoms with van der Waals surface area (Å²) < 4.78 is 12.3. The Hall–Kier alpha value is -2.37. The summed E-state index contributed by atoms with van der Waals surface area (Å²) in [6, 6.07) is 5.43. The van der Waals surface area contributed by atoms with E-state index in [1.165, 1.54) is 0 Å². The molecule has 0 radical (unpaired) electrons. The van der Waals surface area contributed by atoms with Crippen LogP contribution in [-0.2, 0) is 6.42 Å². The second kappa shape index (κ2) is 6.88. The number of hydrogen-bond donors (Lipinski definition) is 0. The van der Waals surface area contributed by atoms with Crippen molar-refractivity contribution in [2.75, 3.05) is 14.2 Å². The van der Waals surface area contributed by atoms with Crippen LogP contribution in [0.2, 0.25) is 0 Å². The lowest BCUT2D eigenvalue weighted by Crippen LogP contribution is -2.06. The Bertz CT molecular complexity index is 623. The number of carbonyl (C=O) groups is 1. The molecular weight excluding hydrogens is 270 g/mol. The van der Waals surface area contributed by atoms with Crippen LogP contribution in [0.25, 0.3) is 5.69 Å². The van der Waals surface area contributed by atoms with E-state index in [-0.39, 0.29) is 0 Å². The number of nitrogens with zero attached hydrogens (tertiary/aromatic N) is 3. The van der Waals surface area contributed by atoms with Crippen molar-refractivity contribution in [2.24, 2.45) is 0 Å². The molecule has 1 aromatic carbocycles. The average Bonchev–Trinajstić information content (AvgIpc) is 2.94. The maximum absolute atomic E-state index is 11.1. The molecule has 6 heteroatoms. The van der Waals surface area contributed by atoms with Crippen molar-refractivity contribution in [3.63, 3.8) is 0 Å². The van der Waals surface area contributed by atoms with Crippen LogP contribution in [-0.4, -0.2) is 35.5 Å². The van der Waals surface area contributed by atoms with Crippen LogP contribution in [0.1, 0.15) is 35.9 Å². The van der Waals surface area contributed by atoms with Crippen molar-refractivity contribution in [3.8, 4) is 17.2 Å². The van der Waals surface area contributed by atoms with Gasteiger partial charge in [0.2, 0.25) is 0 Å². The minimum absolute atomic E-state index is 0.369. The Morgan fingerprint density at radius 2 is 2.10 bits per heavy atom. The highest BCUT2D eigenvalue weighted by Gasteiger charge is 2.17. The van der Waals surface area contributed by atoms with Gasteiger partial charge in [0, 0.05) is 6.07 Å². The van der Waals surface area contributed by atoms with Crippen LogP contribution in [0.4, 0.5) is 0 Å². The smallest absolute Gasteiger partial charge is 0.172 e. The Labute approximate surface area is 123 Å². The van der Waals surface area contributed by atoms with E-state index in [4.69, 9.17) is 9.47 Å². The lowest BCUT2D eigenvalue weighted by Gasteiger charge is -2.12. The Morgan fingerprint density at radius 3 is 2.71 bits per heavy atom. The standard InChI is InChI=1S/C15H19N3O3/c1-4-5-6-13-12(10-19)16-17-18(13)14-9-11(20-2)7-8-15(14)21-3/h7-10H,4-6H2,1-3H3. The molecule has 0 saturated carbocycles. The molecule has 6 nitrogen and oxygen atoms in total. The first-order chi connectivity index (χ1) is 10.2. The first-order valence-electron chi connectivity index (χ1n) is 6.87. The third-order valence-corrected chi connectivity index (χ3v) is 3.29. The molecule has 0 amide bonds. The SMILES string of the molecule is CCCCc1c(C=O)nnn1-c1cc(OC)ccc1OC. The summed E-state index contributed by atoms with van der Waals surface area (Å²) in [5.41, 5.74) is 1.87. The largest absolute Gasteiger partial charge is 0.497 e. The molecule has 0 aliphatic rings. The Morgan fingerprint density at radius 1 is 1.29 bits per heavy atom. The van der Waals surface area contributed by atoms with Crippen molar-refractivity contribution in [1.29, 1.82) is 0 Å². The summed E-state index contributed by atoms with van der Waals surface area (Å²) in [6.07, 6.45) is 3.46. The maximum atomic E-state index is 11.1. The molecule has 0 bridgehead atoms. The fourth-order valence-electron chi connectivity index (χ4n) is 2.14. The highest BCUT2D eigenvalue weighted by atomic mass is 16.5. The van der Waals surface area contributed by atoms with E-state index in [0.717, 1.165) is 31.2 Å². The predicted octanol–water partition coefficient (Wildman–Crippen LogP) is 2.44. The third-order valence-electron chi connectivity index (χ3n) is 3.29. The highest BCUT2D eigenvalue weighted by molar-refractivity contribution is 5.73. The minimum atomic E-state index is 0.369. The highest BCUT2D eigenvalue weighted by Crippen LogP contribution is 2.28. The Balaban J connectivity index is 2.54. The topological polar surface area (TPSA) is 66.2 Å². The van der Waals surface area contributed by atoms with Gasteiger partial charge in [-0.05, 0) is 25.0 Å². The van der Waals surface area contributed by atoms with E-state index < -0.39 is 0 Å². The number of methoxy groups -OCH3 is 2. The summed E-state index contributed by atoms with van der Waals surface area (Å²) in [7, 11) is 3.19. The molecule has 2 rings (SSSR count). The zero-order valence-electron chi connectivity index (χ0n) is 12.5. The Kier molecular flexibility index (Phi) is 4.92. The zero-order valence-corrected chi connectivity index (χ0v) is 12.5. The van der Waals surface area contributed by atoms with Crippen molar-refractivity contribution < 1.29 is 14.3 Å². The lowest BCUT2D eigenvalue weighted by atomic mass is 10.1. The van der Waals surface area contributed by atoms with Gasteiger partial charge in [-0.3, -0.25) is 4.79 Å². The average molecular weight is 289 g/mol. The van der Waals surface area contributed by atoms with Gasteiger partial charge < -0.3 is 9.47 Å². The van der Waals surface area contributed by atoms with Gasteiger partial charge in [-0.15, -0.1) is 5.10 Å². The minimum Gasteiger partial charge on any atom is -0.497 e. The first-order valence-corrected chi connectivity index (χ1v) is 6.87. The van der Waals surface area contributed by atoms with Gasteiger partial charge in [0.1, 0.15) is 22.9 Å². The zero-order chi connectivity index (χ0) is 15.2. The number of benzene rings is 1. The fraction of sp³-hybridized carbons (Fsp3) is 0.400. The first kappa shape index (κ1) is 15.0. The molecule has 0 N–H and O–H groups in total.